The van der Waals surface area contributed by atoms with Crippen LogP contribution in [0.4, 0.5) is 8.78 Å². The molecule has 0 fully saturated rings. The molecule has 0 saturated carbocycles. The molecule has 0 aliphatic carbocycles. The van der Waals surface area contributed by atoms with Crippen LogP contribution in [0.3, 0.4) is 0 Å². The van der Waals surface area contributed by atoms with E-state index in [4.69, 9.17) is 11.6 Å². The lowest BCUT2D eigenvalue weighted by molar-refractivity contribution is -0.0504. The molecule has 9 heteroatoms. The molecule has 0 heterocycles. The fraction of sp³-hybridized carbons (Fsp3) is 0.611. The number of hydrogen-bond donors (Lipinski definition) is 2. The number of benzene rings is 1. The molecule has 0 aliphatic rings. The molecule has 0 saturated heterocycles. The van der Waals surface area contributed by atoms with Gasteiger partial charge in [-0.05, 0) is 50.7 Å². The lowest BCUT2D eigenvalue weighted by atomic mass is 10.2. The number of alkyl halides is 2. The third kappa shape index (κ3) is 10.9. The van der Waals surface area contributed by atoms with Gasteiger partial charge in [0.1, 0.15) is 5.75 Å². The molecule has 0 atom stereocenters. The highest BCUT2D eigenvalue weighted by atomic mass is 127. The van der Waals surface area contributed by atoms with Gasteiger partial charge in [0, 0.05) is 30.7 Å². The topological polar surface area (TPSA) is 48.9 Å². The van der Waals surface area contributed by atoms with Crippen molar-refractivity contribution in [2.24, 2.45) is 4.99 Å². The van der Waals surface area contributed by atoms with Gasteiger partial charge in [-0.25, -0.2) is 0 Å². The van der Waals surface area contributed by atoms with Crippen LogP contribution in [0.5, 0.6) is 5.75 Å². The van der Waals surface area contributed by atoms with Crippen LogP contribution in [0, 0.1) is 0 Å². The third-order valence-corrected chi connectivity index (χ3v) is 4.23. The largest absolute Gasteiger partial charge is 0.434 e. The first-order valence-corrected chi connectivity index (χ1v) is 9.28. The molecule has 0 spiro atoms. The maximum Gasteiger partial charge on any atom is 0.387 e. The second-order valence-corrected chi connectivity index (χ2v) is 6.15. The fourth-order valence-electron chi connectivity index (χ4n) is 2.50. The molecule has 0 bridgehead atoms. The highest BCUT2D eigenvalue weighted by Crippen LogP contribution is 2.24. The van der Waals surface area contributed by atoms with Gasteiger partial charge >= 0.3 is 6.61 Å². The molecule has 1 rings (SSSR count). The first-order valence-electron chi connectivity index (χ1n) is 8.90. The predicted molar refractivity (Wildman–Crippen MR) is 119 cm³/mol. The lowest BCUT2D eigenvalue weighted by Crippen LogP contribution is -2.37. The Morgan fingerprint density at radius 3 is 2.52 bits per heavy atom. The number of ether oxygens (including phenoxy) is 1. The molecule has 0 aromatic heterocycles. The number of unbranched alkanes of at least 4 members (excludes halogenated alkanes) is 1. The van der Waals surface area contributed by atoms with E-state index in [1.54, 1.807) is 13.1 Å². The Morgan fingerprint density at radius 1 is 1.22 bits per heavy atom. The Bertz CT molecular complexity index is 560. The van der Waals surface area contributed by atoms with Gasteiger partial charge < -0.3 is 20.3 Å². The van der Waals surface area contributed by atoms with Crippen molar-refractivity contribution in [1.82, 2.24) is 15.5 Å². The average molecular weight is 519 g/mol. The first kappa shape index (κ1) is 26.1. The van der Waals surface area contributed by atoms with E-state index in [0.29, 0.717) is 16.5 Å². The number of halogens is 4. The van der Waals surface area contributed by atoms with Gasteiger partial charge in [0.2, 0.25) is 0 Å². The van der Waals surface area contributed by atoms with Crippen molar-refractivity contribution in [1.29, 1.82) is 0 Å². The van der Waals surface area contributed by atoms with Crippen LogP contribution in [0.25, 0.3) is 0 Å². The minimum absolute atomic E-state index is 0. The number of nitrogens with one attached hydrogen (secondary N) is 2. The second kappa shape index (κ2) is 15.1. The maximum absolute atomic E-state index is 12.5. The number of guanidine groups is 1. The SMILES string of the molecule is CCN(CC)CCCCNC(=NC)NCc1cc(Cl)ccc1OC(F)F.I. The van der Waals surface area contributed by atoms with E-state index in [-0.39, 0.29) is 36.3 Å². The number of hydrogen-bond acceptors (Lipinski definition) is 3. The predicted octanol–water partition coefficient (Wildman–Crippen LogP) is 4.35. The van der Waals surface area contributed by atoms with Gasteiger partial charge in [0.15, 0.2) is 5.96 Å². The molecule has 0 aliphatic heterocycles. The second-order valence-electron chi connectivity index (χ2n) is 5.72. The molecular formula is C18H30ClF2IN4O. The zero-order valence-electron chi connectivity index (χ0n) is 16.1. The summed E-state index contributed by atoms with van der Waals surface area (Å²) in [5.41, 5.74) is 0.544. The standard InChI is InChI=1S/C18H29ClF2N4O.HI/c1-4-25(5-2)11-7-6-10-23-18(22-3)24-13-14-12-15(19)8-9-16(14)26-17(20)21;/h8-9,12,17H,4-7,10-11,13H2,1-3H3,(H2,22,23,24);1H. The summed E-state index contributed by atoms with van der Waals surface area (Å²) >= 11 is 5.95. The minimum Gasteiger partial charge on any atom is -0.434 e. The van der Waals surface area contributed by atoms with Crippen LogP contribution in [-0.2, 0) is 6.54 Å². The van der Waals surface area contributed by atoms with E-state index in [1.807, 2.05) is 0 Å². The summed E-state index contributed by atoms with van der Waals surface area (Å²) in [5.74, 6) is 0.711. The van der Waals surface area contributed by atoms with Crippen LogP contribution in [-0.4, -0.2) is 50.7 Å². The average Bonchev–Trinajstić information content (AvgIpc) is 2.62. The third-order valence-electron chi connectivity index (χ3n) is 4.00. The Labute approximate surface area is 182 Å². The van der Waals surface area contributed by atoms with Crippen LogP contribution in [0.2, 0.25) is 5.02 Å². The Morgan fingerprint density at radius 2 is 1.93 bits per heavy atom. The smallest absolute Gasteiger partial charge is 0.387 e. The molecule has 1 aromatic carbocycles. The van der Waals surface area contributed by atoms with Crippen molar-refractivity contribution in [2.75, 3.05) is 33.2 Å². The summed E-state index contributed by atoms with van der Waals surface area (Å²) in [6.45, 7) is 5.73. The van der Waals surface area contributed by atoms with E-state index in [2.05, 4.69) is 39.1 Å². The molecule has 5 nitrogen and oxygen atoms in total. The minimum atomic E-state index is -2.88. The summed E-state index contributed by atoms with van der Waals surface area (Å²) in [6, 6.07) is 4.56. The van der Waals surface area contributed by atoms with Crippen LogP contribution >= 0.6 is 35.6 Å². The molecule has 0 radical (unpaired) electrons. The summed E-state index contributed by atoms with van der Waals surface area (Å²) < 4.78 is 29.5. The Kier molecular flexibility index (Phi) is 14.6. The highest BCUT2D eigenvalue weighted by Gasteiger charge is 2.11. The molecule has 1 aromatic rings. The van der Waals surface area contributed by atoms with Gasteiger partial charge in [-0.2, -0.15) is 8.78 Å². The molecule has 0 amide bonds. The van der Waals surface area contributed by atoms with Gasteiger partial charge in [-0.1, -0.05) is 25.4 Å². The van der Waals surface area contributed by atoms with Crippen molar-refractivity contribution in [3.63, 3.8) is 0 Å². The van der Waals surface area contributed by atoms with Gasteiger partial charge in [0.05, 0.1) is 0 Å². The summed E-state index contributed by atoms with van der Waals surface area (Å²) in [6.07, 6.45) is 2.13. The summed E-state index contributed by atoms with van der Waals surface area (Å²) in [7, 11) is 1.67. The molecule has 156 valence electrons. The molecule has 2 N–H and O–H groups in total. The summed E-state index contributed by atoms with van der Waals surface area (Å²) in [4.78, 5) is 6.53. The quantitative estimate of drug-likeness (QED) is 0.198. The molecule has 0 unspecified atom stereocenters. The van der Waals surface area contributed by atoms with Crippen molar-refractivity contribution in [2.45, 2.75) is 39.8 Å². The zero-order valence-corrected chi connectivity index (χ0v) is 19.2. The molecule has 27 heavy (non-hydrogen) atoms. The van der Waals surface area contributed by atoms with Crippen molar-refractivity contribution in [3.05, 3.63) is 28.8 Å². The van der Waals surface area contributed by atoms with Gasteiger partial charge in [0.25, 0.3) is 0 Å². The normalized spacial score (nSPS) is 11.5. The van der Waals surface area contributed by atoms with Crippen molar-refractivity contribution >= 4 is 41.5 Å². The number of nitrogens with zero attached hydrogens (tertiary/aromatic N) is 2. The maximum atomic E-state index is 12.5. The summed E-state index contributed by atoms with van der Waals surface area (Å²) in [5, 5.41) is 6.78. The Hall–Kier alpha value is -0.870. The van der Waals surface area contributed by atoms with Crippen LogP contribution in [0.1, 0.15) is 32.3 Å². The van der Waals surface area contributed by atoms with E-state index < -0.39 is 6.61 Å². The van der Waals surface area contributed by atoms with E-state index in [9.17, 15) is 8.78 Å². The lowest BCUT2D eigenvalue weighted by Gasteiger charge is -2.18. The number of rotatable bonds is 11. The fourth-order valence-corrected chi connectivity index (χ4v) is 2.70. The van der Waals surface area contributed by atoms with Gasteiger partial charge in [-0.3, -0.25) is 4.99 Å². The monoisotopic (exact) mass is 518 g/mol. The van der Waals surface area contributed by atoms with Crippen LogP contribution < -0.4 is 15.4 Å². The van der Waals surface area contributed by atoms with E-state index in [1.165, 1.54) is 12.1 Å². The van der Waals surface area contributed by atoms with Crippen molar-refractivity contribution < 1.29 is 13.5 Å². The van der Waals surface area contributed by atoms with E-state index >= 15 is 0 Å². The first-order chi connectivity index (χ1) is 12.5. The van der Waals surface area contributed by atoms with Crippen LogP contribution in [0.15, 0.2) is 23.2 Å². The Balaban J connectivity index is 0.00000676. The highest BCUT2D eigenvalue weighted by molar-refractivity contribution is 14.0. The van der Waals surface area contributed by atoms with Gasteiger partial charge in [-0.15, -0.1) is 24.0 Å². The molecular weight excluding hydrogens is 489 g/mol. The van der Waals surface area contributed by atoms with E-state index in [0.717, 1.165) is 39.0 Å². The van der Waals surface area contributed by atoms with Crippen molar-refractivity contribution in [3.8, 4) is 5.75 Å². The number of aliphatic imine (C=N–C) groups is 1. The zero-order chi connectivity index (χ0) is 19.4.